The summed E-state index contributed by atoms with van der Waals surface area (Å²) in [4.78, 5) is 10.4. The van der Waals surface area contributed by atoms with Crippen LogP contribution in [0.15, 0.2) is 64.8 Å². The molecule has 0 aromatic heterocycles. The van der Waals surface area contributed by atoms with Crippen molar-refractivity contribution in [2.45, 2.75) is 6.92 Å². The highest BCUT2D eigenvalue weighted by Crippen LogP contribution is 2.34. The molecule has 0 spiro atoms. The van der Waals surface area contributed by atoms with Crippen LogP contribution in [0.1, 0.15) is 5.56 Å². The van der Waals surface area contributed by atoms with E-state index < -0.39 is 4.92 Å². The summed E-state index contributed by atoms with van der Waals surface area (Å²) in [6.07, 6.45) is 0. The Morgan fingerprint density at radius 2 is 1.65 bits per heavy atom. The molecule has 114 valence electrons. The molecule has 0 unspecified atom stereocenters. The van der Waals surface area contributed by atoms with E-state index in [0.717, 1.165) is 10.9 Å². The molecule has 1 N–H and O–H groups in total. The third-order valence-corrected chi connectivity index (χ3v) is 3.55. The fraction of sp³-hybridized carbons (Fsp3) is 0.0588. The number of aryl methyl sites for hydroxylation is 1. The smallest absolute Gasteiger partial charge is 0.271 e. The highest BCUT2D eigenvalue weighted by molar-refractivity contribution is 5.96. The first-order valence-electron chi connectivity index (χ1n) is 6.94. The molecule has 3 aromatic carbocycles. The zero-order valence-corrected chi connectivity index (χ0v) is 12.3. The van der Waals surface area contributed by atoms with Crippen LogP contribution in [-0.2, 0) is 0 Å². The monoisotopic (exact) mass is 307 g/mol. The average Bonchev–Trinajstić information content (AvgIpc) is 2.55. The molecule has 23 heavy (non-hydrogen) atoms. The summed E-state index contributed by atoms with van der Waals surface area (Å²) in [7, 11) is 0. The first kappa shape index (κ1) is 14.6. The molecule has 0 radical (unpaired) electrons. The lowest BCUT2D eigenvalue weighted by molar-refractivity contribution is -0.384. The lowest BCUT2D eigenvalue weighted by Gasteiger charge is -2.04. The Kier molecular flexibility index (Phi) is 3.72. The standard InChI is InChI=1S/C17H13N3O3/c1-11-6-7-12(20(22)23)10-16(11)19-18-15-8-9-17(21)14-5-3-2-4-13(14)15/h2-10,21H,1H3. The highest BCUT2D eigenvalue weighted by atomic mass is 16.6. The van der Waals surface area contributed by atoms with Crippen LogP contribution in [0.5, 0.6) is 5.75 Å². The SMILES string of the molecule is Cc1ccc([N+](=O)[O-])cc1N=Nc1ccc(O)c2ccccc12. The van der Waals surface area contributed by atoms with E-state index >= 15 is 0 Å². The maximum absolute atomic E-state index is 10.9. The molecule has 0 saturated heterocycles. The van der Waals surface area contributed by atoms with Crippen molar-refractivity contribution in [3.63, 3.8) is 0 Å². The van der Waals surface area contributed by atoms with Gasteiger partial charge in [-0.15, -0.1) is 5.11 Å². The fourth-order valence-corrected chi connectivity index (χ4v) is 2.28. The molecule has 0 amide bonds. The van der Waals surface area contributed by atoms with Gasteiger partial charge in [0.05, 0.1) is 16.3 Å². The number of hydrogen-bond acceptors (Lipinski definition) is 5. The van der Waals surface area contributed by atoms with E-state index in [2.05, 4.69) is 10.2 Å². The van der Waals surface area contributed by atoms with E-state index in [1.165, 1.54) is 12.1 Å². The van der Waals surface area contributed by atoms with Crippen LogP contribution < -0.4 is 0 Å². The number of azo groups is 1. The Labute approximate surface area is 131 Å². The Bertz CT molecular complexity index is 936. The van der Waals surface area contributed by atoms with Crippen molar-refractivity contribution in [2.75, 3.05) is 0 Å². The second-order valence-electron chi connectivity index (χ2n) is 5.08. The summed E-state index contributed by atoms with van der Waals surface area (Å²) >= 11 is 0. The zero-order chi connectivity index (χ0) is 16.4. The number of benzene rings is 3. The van der Waals surface area contributed by atoms with Crippen molar-refractivity contribution < 1.29 is 10.0 Å². The molecule has 3 aromatic rings. The number of non-ortho nitro benzene ring substituents is 1. The number of phenols is 1. The van der Waals surface area contributed by atoms with E-state index in [9.17, 15) is 15.2 Å². The molecular weight excluding hydrogens is 294 g/mol. The molecule has 0 aliphatic carbocycles. The molecule has 0 aliphatic rings. The second-order valence-corrected chi connectivity index (χ2v) is 5.08. The summed E-state index contributed by atoms with van der Waals surface area (Å²) < 4.78 is 0. The second kappa shape index (κ2) is 5.84. The summed E-state index contributed by atoms with van der Waals surface area (Å²) in [5.74, 6) is 0.172. The summed E-state index contributed by atoms with van der Waals surface area (Å²) in [5.41, 5.74) is 1.79. The molecule has 0 atom stereocenters. The molecule has 3 rings (SSSR count). The zero-order valence-electron chi connectivity index (χ0n) is 12.3. The summed E-state index contributed by atoms with van der Waals surface area (Å²) in [6, 6.07) is 15.0. The van der Waals surface area contributed by atoms with Gasteiger partial charge in [0, 0.05) is 22.9 Å². The number of hydrogen-bond donors (Lipinski definition) is 1. The van der Waals surface area contributed by atoms with Crippen LogP contribution in [-0.4, -0.2) is 10.0 Å². The number of fused-ring (bicyclic) bond motifs is 1. The Hall–Kier alpha value is -3.28. The third kappa shape index (κ3) is 2.87. The topological polar surface area (TPSA) is 88.1 Å². The van der Waals surface area contributed by atoms with Gasteiger partial charge in [-0.2, -0.15) is 5.11 Å². The van der Waals surface area contributed by atoms with Gasteiger partial charge < -0.3 is 5.11 Å². The minimum absolute atomic E-state index is 0.0277. The van der Waals surface area contributed by atoms with Gasteiger partial charge in [0.25, 0.3) is 5.69 Å². The summed E-state index contributed by atoms with van der Waals surface area (Å²) in [6.45, 7) is 1.81. The maximum atomic E-state index is 10.9. The lowest BCUT2D eigenvalue weighted by atomic mass is 10.1. The quantitative estimate of drug-likeness (QED) is 0.411. The van der Waals surface area contributed by atoms with Crippen LogP contribution in [0.25, 0.3) is 10.8 Å². The van der Waals surface area contributed by atoms with Crippen molar-refractivity contribution >= 4 is 27.8 Å². The number of nitrogens with zero attached hydrogens (tertiary/aromatic N) is 3. The van der Waals surface area contributed by atoms with Gasteiger partial charge in [0.15, 0.2) is 0 Å². The van der Waals surface area contributed by atoms with Crippen molar-refractivity contribution in [1.82, 2.24) is 0 Å². The van der Waals surface area contributed by atoms with Gasteiger partial charge in [-0.25, -0.2) is 0 Å². The maximum Gasteiger partial charge on any atom is 0.271 e. The molecule has 0 bridgehead atoms. The minimum Gasteiger partial charge on any atom is -0.507 e. The number of rotatable bonds is 3. The Morgan fingerprint density at radius 3 is 2.39 bits per heavy atom. The van der Waals surface area contributed by atoms with Gasteiger partial charge in [-0.3, -0.25) is 10.1 Å². The first-order chi connectivity index (χ1) is 11.1. The van der Waals surface area contributed by atoms with E-state index in [4.69, 9.17) is 0 Å². The van der Waals surface area contributed by atoms with Crippen molar-refractivity contribution in [1.29, 1.82) is 0 Å². The normalized spacial score (nSPS) is 11.2. The first-order valence-corrected chi connectivity index (χ1v) is 6.94. The van der Waals surface area contributed by atoms with Crippen LogP contribution in [0.4, 0.5) is 17.1 Å². The van der Waals surface area contributed by atoms with Gasteiger partial charge in [-0.05, 0) is 24.6 Å². The lowest BCUT2D eigenvalue weighted by Crippen LogP contribution is -1.87. The molecule has 0 saturated carbocycles. The Morgan fingerprint density at radius 1 is 0.957 bits per heavy atom. The van der Waals surface area contributed by atoms with Crippen molar-refractivity contribution in [2.24, 2.45) is 10.2 Å². The van der Waals surface area contributed by atoms with Crippen LogP contribution in [0.2, 0.25) is 0 Å². The number of nitro benzene ring substituents is 1. The minimum atomic E-state index is -0.464. The van der Waals surface area contributed by atoms with Crippen LogP contribution in [0, 0.1) is 17.0 Å². The van der Waals surface area contributed by atoms with Gasteiger partial charge in [0.1, 0.15) is 5.75 Å². The molecule has 0 fully saturated rings. The van der Waals surface area contributed by atoms with Gasteiger partial charge in [-0.1, -0.05) is 30.3 Å². The molecule has 0 aliphatic heterocycles. The number of aromatic hydroxyl groups is 1. The number of phenolic OH excluding ortho intramolecular Hbond substituents is 1. The number of nitro groups is 1. The Balaban J connectivity index is 2.06. The van der Waals surface area contributed by atoms with Gasteiger partial charge in [0.2, 0.25) is 0 Å². The van der Waals surface area contributed by atoms with Gasteiger partial charge >= 0.3 is 0 Å². The van der Waals surface area contributed by atoms with E-state index in [1.807, 2.05) is 25.1 Å². The van der Waals surface area contributed by atoms with Crippen molar-refractivity contribution in [3.05, 3.63) is 70.3 Å². The van der Waals surface area contributed by atoms with Crippen LogP contribution >= 0.6 is 0 Å². The van der Waals surface area contributed by atoms with Crippen LogP contribution in [0.3, 0.4) is 0 Å². The summed E-state index contributed by atoms with van der Waals surface area (Å²) in [5, 5.41) is 30.5. The van der Waals surface area contributed by atoms with E-state index in [1.54, 1.807) is 24.3 Å². The molecular formula is C17H13N3O3. The van der Waals surface area contributed by atoms with Crippen molar-refractivity contribution in [3.8, 4) is 5.75 Å². The predicted octanol–water partition coefficient (Wildman–Crippen LogP) is 5.18. The fourth-order valence-electron chi connectivity index (χ4n) is 2.28. The molecule has 6 nitrogen and oxygen atoms in total. The van der Waals surface area contributed by atoms with E-state index in [0.29, 0.717) is 16.8 Å². The average molecular weight is 307 g/mol. The van der Waals surface area contributed by atoms with E-state index in [-0.39, 0.29) is 11.4 Å². The highest BCUT2D eigenvalue weighted by Gasteiger charge is 2.09. The molecule has 0 heterocycles. The predicted molar refractivity (Wildman–Crippen MR) is 87.6 cm³/mol. The third-order valence-electron chi connectivity index (χ3n) is 3.55. The largest absolute Gasteiger partial charge is 0.507 e. The molecule has 6 heteroatoms.